The predicted octanol–water partition coefficient (Wildman–Crippen LogP) is 5.27. The third-order valence-corrected chi connectivity index (χ3v) is 7.95. The number of rotatable bonds is 8. The van der Waals surface area contributed by atoms with Crippen LogP contribution in [0.15, 0.2) is 47.4 Å². The van der Waals surface area contributed by atoms with Gasteiger partial charge in [-0.2, -0.15) is 0 Å². The van der Waals surface area contributed by atoms with Crippen LogP contribution in [0.4, 0.5) is 5.69 Å². The van der Waals surface area contributed by atoms with E-state index in [0.717, 1.165) is 24.8 Å². The number of carbonyl (C=O) groups excluding carboxylic acids is 2. The maximum Gasteiger partial charge on any atom is 0.344 e. The Kier molecular flexibility index (Phi) is 8.59. The SMILES string of the molecule is Cc1cccc(NS(=O)(=O)c2ccc(C)c(C(=O)OCC(=O)OC3CC(C)CCC3C(C)C)c2)c1. The molecule has 35 heavy (non-hydrogen) atoms. The average molecular weight is 502 g/mol. The van der Waals surface area contributed by atoms with Crippen molar-refractivity contribution >= 4 is 27.6 Å². The Hall–Kier alpha value is -2.87. The topological polar surface area (TPSA) is 98.8 Å². The Labute approximate surface area is 208 Å². The zero-order valence-electron chi connectivity index (χ0n) is 21.0. The molecular formula is C27H35NO6S. The molecule has 0 aliphatic heterocycles. The second-order valence-corrected chi connectivity index (χ2v) is 11.6. The van der Waals surface area contributed by atoms with Crippen LogP contribution in [0.5, 0.6) is 0 Å². The molecule has 1 saturated carbocycles. The summed E-state index contributed by atoms with van der Waals surface area (Å²) in [5.74, 6) is -0.208. The molecule has 2 aromatic carbocycles. The fourth-order valence-corrected chi connectivity index (χ4v) is 5.64. The third-order valence-electron chi connectivity index (χ3n) is 6.57. The Morgan fingerprint density at radius 1 is 1.09 bits per heavy atom. The van der Waals surface area contributed by atoms with Gasteiger partial charge in [0.15, 0.2) is 6.61 Å². The van der Waals surface area contributed by atoms with E-state index in [0.29, 0.717) is 23.1 Å². The lowest BCUT2D eigenvalue weighted by Crippen LogP contribution is -2.36. The van der Waals surface area contributed by atoms with Crippen LogP contribution in [-0.4, -0.2) is 33.1 Å². The number of hydrogen-bond donors (Lipinski definition) is 1. The lowest BCUT2D eigenvalue weighted by Gasteiger charge is -2.36. The molecule has 3 rings (SSSR count). The zero-order chi connectivity index (χ0) is 25.8. The molecule has 0 bridgehead atoms. The van der Waals surface area contributed by atoms with Crippen LogP contribution >= 0.6 is 0 Å². The number of esters is 2. The molecule has 0 amide bonds. The fraction of sp³-hybridized carbons (Fsp3) is 0.481. The average Bonchev–Trinajstić information content (AvgIpc) is 2.77. The van der Waals surface area contributed by atoms with E-state index in [2.05, 4.69) is 25.5 Å². The molecule has 190 valence electrons. The minimum atomic E-state index is -3.92. The van der Waals surface area contributed by atoms with Crippen molar-refractivity contribution < 1.29 is 27.5 Å². The Morgan fingerprint density at radius 2 is 1.83 bits per heavy atom. The predicted molar refractivity (Wildman–Crippen MR) is 135 cm³/mol. The van der Waals surface area contributed by atoms with E-state index < -0.39 is 28.6 Å². The van der Waals surface area contributed by atoms with E-state index in [-0.39, 0.29) is 22.5 Å². The van der Waals surface area contributed by atoms with Crippen LogP contribution in [0.25, 0.3) is 0 Å². The first kappa shape index (κ1) is 26.7. The van der Waals surface area contributed by atoms with Gasteiger partial charge in [0.05, 0.1) is 10.5 Å². The molecule has 0 saturated heterocycles. The molecule has 8 heteroatoms. The standard InChI is InChI=1S/C27H35NO6S/c1-17(2)23-12-9-19(4)14-25(23)34-26(29)16-33-27(30)24-15-22(11-10-20(24)5)35(31,32)28-21-8-6-7-18(3)13-21/h6-8,10-11,13,15,17,19,23,25,28H,9,12,14,16H2,1-5H3. The first-order chi connectivity index (χ1) is 16.5. The van der Waals surface area contributed by atoms with Gasteiger partial charge in [0.1, 0.15) is 6.10 Å². The highest BCUT2D eigenvalue weighted by Crippen LogP contribution is 2.35. The lowest BCUT2D eigenvalue weighted by molar-refractivity contribution is -0.159. The molecule has 7 nitrogen and oxygen atoms in total. The molecule has 2 aromatic rings. The van der Waals surface area contributed by atoms with Crippen molar-refractivity contribution in [1.29, 1.82) is 0 Å². The fourth-order valence-electron chi connectivity index (χ4n) is 4.57. The summed E-state index contributed by atoms with van der Waals surface area (Å²) in [4.78, 5) is 25.1. The van der Waals surface area contributed by atoms with Crippen molar-refractivity contribution in [3.63, 3.8) is 0 Å². The van der Waals surface area contributed by atoms with Crippen molar-refractivity contribution in [3.8, 4) is 0 Å². The van der Waals surface area contributed by atoms with Crippen molar-refractivity contribution in [2.45, 2.75) is 64.9 Å². The number of ether oxygens (including phenoxy) is 2. The molecule has 0 heterocycles. The largest absolute Gasteiger partial charge is 0.460 e. The summed E-state index contributed by atoms with van der Waals surface area (Å²) in [5.41, 5.74) is 1.96. The maximum absolute atomic E-state index is 12.9. The quantitative estimate of drug-likeness (QED) is 0.495. The van der Waals surface area contributed by atoms with Crippen molar-refractivity contribution in [2.24, 2.45) is 17.8 Å². The molecule has 0 aromatic heterocycles. The summed E-state index contributed by atoms with van der Waals surface area (Å²) >= 11 is 0. The van der Waals surface area contributed by atoms with Gasteiger partial charge in [-0.05, 0) is 79.8 Å². The summed E-state index contributed by atoms with van der Waals surface area (Å²) in [6.45, 7) is 9.41. The van der Waals surface area contributed by atoms with Crippen LogP contribution in [0.1, 0.15) is 61.5 Å². The number of carbonyl (C=O) groups is 2. The van der Waals surface area contributed by atoms with Crippen molar-refractivity contribution in [2.75, 3.05) is 11.3 Å². The van der Waals surface area contributed by atoms with Crippen LogP contribution in [0, 0.1) is 31.6 Å². The molecule has 3 atom stereocenters. The summed E-state index contributed by atoms with van der Waals surface area (Å²) in [6.07, 6.45) is 2.74. The van der Waals surface area contributed by atoms with E-state index in [1.54, 1.807) is 25.1 Å². The van der Waals surface area contributed by atoms with E-state index in [1.165, 1.54) is 18.2 Å². The molecule has 1 aliphatic carbocycles. The minimum Gasteiger partial charge on any atom is -0.460 e. The summed E-state index contributed by atoms with van der Waals surface area (Å²) < 4.78 is 39.1. The monoisotopic (exact) mass is 501 g/mol. The third kappa shape index (κ3) is 7.07. The van der Waals surface area contributed by atoms with Crippen molar-refractivity contribution in [1.82, 2.24) is 0 Å². The Balaban J connectivity index is 1.66. The molecule has 0 radical (unpaired) electrons. The smallest absolute Gasteiger partial charge is 0.344 e. The van der Waals surface area contributed by atoms with Crippen LogP contribution in [0.3, 0.4) is 0 Å². The normalized spacial score (nSPS) is 20.3. The second-order valence-electron chi connectivity index (χ2n) is 9.88. The molecule has 1 aliphatic rings. The van der Waals surface area contributed by atoms with Crippen molar-refractivity contribution in [3.05, 3.63) is 59.2 Å². The summed E-state index contributed by atoms with van der Waals surface area (Å²) in [5, 5.41) is 0. The van der Waals surface area contributed by atoms with Gasteiger partial charge in [-0.25, -0.2) is 18.0 Å². The first-order valence-corrected chi connectivity index (χ1v) is 13.5. The highest BCUT2D eigenvalue weighted by Gasteiger charge is 2.33. The number of anilines is 1. The number of aryl methyl sites for hydroxylation is 2. The van der Waals surface area contributed by atoms with Gasteiger partial charge in [-0.3, -0.25) is 4.72 Å². The van der Waals surface area contributed by atoms with Gasteiger partial charge in [0.2, 0.25) is 0 Å². The number of benzene rings is 2. The number of nitrogens with one attached hydrogen (secondary N) is 1. The zero-order valence-corrected chi connectivity index (χ0v) is 21.9. The molecule has 1 N–H and O–H groups in total. The van der Waals surface area contributed by atoms with Gasteiger partial charge < -0.3 is 9.47 Å². The Bertz CT molecular complexity index is 1170. The highest BCUT2D eigenvalue weighted by molar-refractivity contribution is 7.92. The highest BCUT2D eigenvalue weighted by atomic mass is 32.2. The molecule has 1 fully saturated rings. The van der Waals surface area contributed by atoms with Crippen LogP contribution < -0.4 is 4.72 Å². The Morgan fingerprint density at radius 3 is 2.51 bits per heavy atom. The van der Waals surface area contributed by atoms with E-state index >= 15 is 0 Å². The summed E-state index contributed by atoms with van der Waals surface area (Å²) in [6, 6.07) is 11.2. The van der Waals surface area contributed by atoms with Gasteiger partial charge in [-0.1, -0.05) is 45.4 Å². The lowest BCUT2D eigenvalue weighted by atomic mass is 9.75. The minimum absolute atomic E-state index is 0.0740. The van der Waals surface area contributed by atoms with E-state index in [9.17, 15) is 18.0 Å². The number of sulfonamides is 1. The van der Waals surface area contributed by atoms with Gasteiger partial charge in [-0.15, -0.1) is 0 Å². The molecule has 0 spiro atoms. The second kappa shape index (κ2) is 11.2. The number of hydrogen-bond acceptors (Lipinski definition) is 6. The molecular weight excluding hydrogens is 466 g/mol. The van der Waals surface area contributed by atoms with E-state index in [4.69, 9.17) is 9.47 Å². The first-order valence-electron chi connectivity index (χ1n) is 12.0. The van der Waals surface area contributed by atoms with Gasteiger partial charge in [0.25, 0.3) is 10.0 Å². The molecule has 3 unspecified atom stereocenters. The van der Waals surface area contributed by atoms with E-state index in [1.807, 2.05) is 13.0 Å². The van der Waals surface area contributed by atoms with Crippen LogP contribution in [-0.2, 0) is 24.3 Å². The van der Waals surface area contributed by atoms with Gasteiger partial charge >= 0.3 is 11.9 Å². The maximum atomic E-state index is 12.9. The van der Waals surface area contributed by atoms with Crippen LogP contribution in [0.2, 0.25) is 0 Å². The summed E-state index contributed by atoms with van der Waals surface area (Å²) in [7, 11) is -3.92. The van der Waals surface area contributed by atoms with Gasteiger partial charge in [0, 0.05) is 5.69 Å².